The van der Waals surface area contributed by atoms with Crippen LogP contribution in [0.5, 0.6) is 0 Å². The SMILES string of the molecule is Cc1c(-c2ccccc2)sc(NC(=O)CN2CCCCCCC2=O)c1C(=O)N1CCCCC1. The Balaban J connectivity index is 1.59. The molecule has 7 heteroatoms. The highest BCUT2D eigenvalue weighted by Gasteiger charge is 2.28. The van der Waals surface area contributed by atoms with Gasteiger partial charge in [-0.2, -0.15) is 0 Å². The fraction of sp³-hybridized carbons (Fsp3) is 0.500. The largest absolute Gasteiger partial charge is 0.339 e. The van der Waals surface area contributed by atoms with E-state index in [1.54, 1.807) is 4.90 Å². The minimum Gasteiger partial charge on any atom is -0.339 e. The third-order valence-corrected chi connectivity index (χ3v) is 7.81. The van der Waals surface area contributed by atoms with E-state index in [1.807, 2.05) is 42.2 Å². The zero-order valence-corrected chi connectivity index (χ0v) is 20.2. The zero-order valence-electron chi connectivity index (χ0n) is 19.4. The summed E-state index contributed by atoms with van der Waals surface area (Å²) in [7, 11) is 0. The Morgan fingerprint density at radius 1 is 0.939 bits per heavy atom. The van der Waals surface area contributed by atoms with Crippen LogP contribution in [0.25, 0.3) is 10.4 Å². The molecule has 2 aliphatic rings. The topological polar surface area (TPSA) is 69.7 Å². The summed E-state index contributed by atoms with van der Waals surface area (Å²) in [4.78, 5) is 43.6. The fourth-order valence-electron chi connectivity index (χ4n) is 4.70. The molecule has 0 radical (unpaired) electrons. The molecule has 2 saturated heterocycles. The highest BCUT2D eigenvalue weighted by atomic mass is 32.1. The number of carbonyl (C=O) groups is 3. The molecule has 0 aliphatic carbocycles. The quantitative estimate of drug-likeness (QED) is 0.667. The Morgan fingerprint density at radius 2 is 1.61 bits per heavy atom. The number of anilines is 1. The Bertz CT molecular complexity index is 996. The van der Waals surface area contributed by atoms with Gasteiger partial charge in [0.25, 0.3) is 5.91 Å². The van der Waals surface area contributed by atoms with E-state index < -0.39 is 0 Å². The summed E-state index contributed by atoms with van der Waals surface area (Å²) >= 11 is 1.45. The van der Waals surface area contributed by atoms with E-state index in [1.165, 1.54) is 11.3 Å². The predicted octanol–water partition coefficient (Wildman–Crippen LogP) is 5.08. The molecule has 3 amide bonds. The number of hydrogen-bond donors (Lipinski definition) is 1. The van der Waals surface area contributed by atoms with Gasteiger partial charge in [-0.05, 0) is 50.2 Å². The summed E-state index contributed by atoms with van der Waals surface area (Å²) < 4.78 is 0. The first-order chi connectivity index (χ1) is 16.0. The van der Waals surface area contributed by atoms with Crippen LogP contribution in [0.1, 0.15) is 67.3 Å². The van der Waals surface area contributed by atoms with Crippen molar-refractivity contribution >= 4 is 34.1 Å². The number of nitrogens with zero attached hydrogens (tertiary/aromatic N) is 2. The first-order valence-corrected chi connectivity index (χ1v) is 12.9. The first kappa shape index (κ1) is 23.5. The van der Waals surface area contributed by atoms with Crippen molar-refractivity contribution < 1.29 is 14.4 Å². The number of amides is 3. The monoisotopic (exact) mass is 467 g/mol. The van der Waals surface area contributed by atoms with Gasteiger partial charge in [0, 0.05) is 30.9 Å². The molecule has 2 aliphatic heterocycles. The molecule has 0 spiro atoms. The standard InChI is InChI=1S/C26H33N3O3S/c1-19-23(26(32)28-15-10-5-11-16-28)25(33-24(19)20-12-6-4-7-13-20)27-21(30)18-29-17-9-3-2-8-14-22(29)31/h4,6-7,12-13H,2-3,5,8-11,14-18H2,1H3,(H,27,30). The van der Waals surface area contributed by atoms with Crippen LogP contribution in [0, 0.1) is 6.92 Å². The van der Waals surface area contributed by atoms with E-state index >= 15 is 0 Å². The van der Waals surface area contributed by atoms with Crippen molar-refractivity contribution in [2.75, 3.05) is 31.5 Å². The highest BCUT2D eigenvalue weighted by Crippen LogP contribution is 2.40. The average Bonchev–Trinajstić information content (AvgIpc) is 3.15. The predicted molar refractivity (Wildman–Crippen MR) is 133 cm³/mol. The van der Waals surface area contributed by atoms with Gasteiger partial charge in [-0.25, -0.2) is 0 Å². The minimum absolute atomic E-state index is 0.0109. The van der Waals surface area contributed by atoms with Gasteiger partial charge in [-0.1, -0.05) is 43.2 Å². The average molecular weight is 468 g/mol. The molecule has 0 saturated carbocycles. The van der Waals surface area contributed by atoms with E-state index in [4.69, 9.17) is 0 Å². The molecule has 2 fully saturated rings. The van der Waals surface area contributed by atoms with Crippen molar-refractivity contribution in [2.45, 2.75) is 58.3 Å². The van der Waals surface area contributed by atoms with Crippen molar-refractivity contribution in [3.8, 4) is 10.4 Å². The van der Waals surface area contributed by atoms with Crippen molar-refractivity contribution in [1.82, 2.24) is 9.80 Å². The molecule has 2 aromatic rings. The van der Waals surface area contributed by atoms with Crippen molar-refractivity contribution in [1.29, 1.82) is 0 Å². The highest BCUT2D eigenvalue weighted by molar-refractivity contribution is 7.20. The summed E-state index contributed by atoms with van der Waals surface area (Å²) in [5, 5.41) is 3.59. The van der Waals surface area contributed by atoms with Crippen molar-refractivity contribution in [3.63, 3.8) is 0 Å². The number of piperidine rings is 1. The normalized spacial score (nSPS) is 17.4. The van der Waals surface area contributed by atoms with Crippen LogP contribution in [0.4, 0.5) is 5.00 Å². The maximum atomic E-state index is 13.5. The van der Waals surface area contributed by atoms with E-state index in [-0.39, 0.29) is 24.3 Å². The molecule has 4 rings (SSSR count). The molecule has 0 bridgehead atoms. The Kier molecular flexibility index (Phi) is 7.81. The van der Waals surface area contributed by atoms with Crippen LogP contribution >= 0.6 is 11.3 Å². The van der Waals surface area contributed by atoms with Crippen LogP contribution in [0.15, 0.2) is 30.3 Å². The fourth-order valence-corrected chi connectivity index (χ4v) is 5.92. The number of benzene rings is 1. The smallest absolute Gasteiger partial charge is 0.257 e. The second-order valence-corrected chi connectivity index (χ2v) is 10.0. The molecular weight excluding hydrogens is 434 g/mol. The molecule has 6 nitrogen and oxygen atoms in total. The van der Waals surface area contributed by atoms with Gasteiger partial charge < -0.3 is 15.1 Å². The maximum absolute atomic E-state index is 13.5. The third kappa shape index (κ3) is 5.64. The molecule has 3 heterocycles. The molecule has 1 aromatic carbocycles. The van der Waals surface area contributed by atoms with Gasteiger partial charge >= 0.3 is 0 Å². The second-order valence-electron chi connectivity index (χ2n) is 9.01. The number of carbonyl (C=O) groups excluding carboxylic acids is 3. The van der Waals surface area contributed by atoms with Crippen molar-refractivity contribution in [2.24, 2.45) is 0 Å². The van der Waals surface area contributed by atoms with Crippen LogP contribution < -0.4 is 5.32 Å². The van der Waals surface area contributed by atoms with Crippen LogP contribution in [-0.4, -0.2) is 53.7 Å². The summed E-state index contributed by atoms with van der Waals surface area (Å²) in [5.74, 6) is -0.206. The summed E-state index contributed by atoms with van der Waals surface area (Å²) in [6.07, 6.45) is 7.65. The van der Waals surface area contributed by atoms with Gasteiger partial charge in [0.1, 0.15) is 5.00 Å². The first-order valence-electron chi connectivity index (χ1n) is 12.1. The Morgan fingerprint density at radius 3 is 2.36 bits per heavy atom. The number of nitrogens with one attached hydrogen (secondary N) is 1. The number of rotatable bonds is 5. The van der Waals surface area contributed by atoms with Gasteiger partial charge in [0.2, 0.25) is 11.8 Å². The summed E-state index contributed by atoms with van der Waals surface area (Å²) in [6, 6.07) is 9.98. The Labute approximate surface area is 200 Å². The second kappa shape index (κ2) is 11.0. The van der Waals surface area contributed by atoms with Crippen LogP contribution in [-0.2, 0) is 9.59 Å². The minimum atomic E-state index is -0.238. The molecule has 0 unspecified atom stereocenters. The number of hydrogen-bond acceptors (Lipinski definition) is 4. The lowest BCUT2D eigenvalue weighted by molar-refractivity contribution is -0.135. The summed E-state index contributed by atoms with van der Waals surface area (Å²) in [5.41, 5.74) is 2.53. The molecule has 0 atom stereocenters. The molecule has 1 N–H and O–H groups in total. The zero-order chi connectivity index (χ0) is 23.2. The number of thiophene rings is 1. The van der Waals surface area contributed by atoms with Crippen molar-refractivity contribution in [3.05, 3.63) is 41.5 Å². The van der Waals surface area contributed by atoms with Crippen LogP contribution in [0.2, 0.25) is 0 Å². The summed E-state index contributed by atoms with van der Waals surface area (Å²) in [6.45, 7) is 4.13. The van der Waals surface area contributed by atoms with E-state index in [0.717, 1.165) is 74.0 Å². The molecule has 33 heavy (non-hydrogen) atoms. The lowest BCUT2D eigenvalue weighted by Gasteiger charge is -2.27. The Hall–Kier alpha value is -2.67. The third-order valence-electron chi connectivity index (χ3n) is 6.55. The molecular formula is C26H33N3O3S. The van der Waals surface area contributed by atoms with Gasteiger partial charge in [-0.15, -0.1) is 11.3 Å². The van der Waals surface area contributed by atoms with Crippen LogP contribution in [0.3, 0.4) is 0 Å². The molecule has 176 valence electrons. The van der Waals surface area contributed by atoms with Gasteiger partial charge in [-0.3, -0.25) is 14.4 Å². The van der Waals surface area contributed by atoms with Gasteiger partial charge in [0.15, 0.2) is 0 Å². The molecule has 1 aromatic heterocycles. The maximum Gasteiger partial charge on any atom is 0.257 e. The van der Waals surface area contributed by atoms with E-state index in [0.29, 0.717) is 23.5 Å². The lowest BCUT2D eigenvalue weighted by Crippen LogP contribution is -2.39. The number of likely N-dealkylation sites (tertiary alicyclic amines) is 2. The van der Waals surface area contributed by atoms with E-state index in [9.17, 15) is 14.4 Å². The van der Waals surface area contributed by atoms with E-state index in [2.05, 4.69) is 5.32 Å². The van der Waals surface area contributed by atoms with Gasteiger partial charge in [0.05, 0.1) is 12.1 Å². The lowest BCUT2D eigenvalue weighted by atomic mass is 10.0.